The van der Waals surface area contributed by atoms with Gasteiger partial charge in [0.2, 0.25) is 11.0 Å². The zero-order valence-electron chi connectivity index (χ0n) is 11.6. The van der Waals surface area contributed by atoms with E-state index < -0.39 is 23.2 Å². The molecule has 1 heterocycles. The first-order chi connectivity index (χ1) is 10.0. The molecule has 1 aromatic carbocycles. The Bertz CT molecular complexity index is 627. The number of hydrogen-bond donors (Lipinski definition) is 1. The second-order valence-corrected chi connectivity index (χ2v) is 5.01. The Morgan fingerprint density at radius 1 is 1.38 bits per heavy atom. The van der Waals surface area contributed by atoms with Gasteiger partial charge in [0, 0.05) is 18.1 Å². The smallest absolute Gasteiger partial charge is 0.244 e. The van der Waals surface area contributed by atoms with E-state index in [9.17, 15) is 13.6 Å². The summed E-state index contributed by atoms with van der Waals surface area (Å²) in [5, 5.41) is 2.84. The summed E-state index contributed by atoms with van der Waals surface area (Å²) >= 11 is 1.17. The Labute approximate surface area is 124 Å². The quantitative estimate of drug-likeness (QED) is 0.922. The normalized spacial score (nSPS) is 10.5. The molecule has 21 heavy (non-hydrogen) atoms. The number of nitrogens with one attached hydrogen (secondary N) is 1. The number of aryl methyl sites for hydroxylation is 1. The number of nitrogens with zero attached hydrogens (tertiary/aromatic N) is 3. The van der Waals surface area contributed by atoms with Crippen LogP contribution in [0.5, 0.6) is 0 Å². The summed E-state index contributed by atoms with van der Waals surface area (Å²) in [6, 6.07) is 3.41. The van der Waals surface area contributed by atoms with E-state index in [0.717, 1.165) is 12.1 Å². The summed E-state index contributed by atoms with van der Waals surface area (Å²) in [6.45, 7) is 4.08. The zero-order chi connectivity index (χ0) is 15.4. The molecule has 0 spiro atoms. The second kappa shape index (κ2) is 6.57. The van der Waals surface area contributed by atoms with Crippen LogP contribution < -0.4 is 10.2 Å². The maximum atomic E-state index is 13.5. The molecule has 0 aliphatic heterocycles. The van der Waals surface area contributed by atoms with Crippen molar-refractivity contribution in [2.75, 3.05) is 23.3 Å². The van der Waals surface area contributed by atoms with Gasteiger partial charge < -0.3 is 10.2 Å². The van der Waals surface area contributed by atoms with E-state index in [1.165, 1.54) is 17.6 Å². The second-order valence-electron chi connectivity index (χ2n) is 4.28. The number of anilines is 2. The van der Waals surface area contributed by atoms with Crippen molar-refractivity contribution in [2.45, 2.75) is 13.8 Å². The summed E-state index contributed by atoms with van der Waals surface area (Å²) in [5.74, 6) is -1.51. The first-order valence-corrected chi connectivity index (χ1v) is 7.07. The number of benzene rings is 1. The van der Waals surface area contributed by atoms with Crippen molar-refractivity contribution in [3.8, 4) is 0 Å². The topological polar surface area (TPSA) is 58.1 Å². The van der Waals surface area contributed by atoms with Crippen LogP contribution in [0.25, 0.3) is 0 Å². The Kier molecular flexibility index (Phi) is 4.79. The number of carbonyl (C=O) groups excluding carboxylic acids is 1. The van der Waals surface area contributed by atoms with Gasteiger partial charge in [0.15, 0.2) is 0 Å². The Morgan fingerprint density at radius 2 is 2.05 bits per heavy atom. The summed E-state index contributed by atoms with van der Waals surface area (Å²) in [7, 11) is 0. The number of halogens is 2. The molecule has 1 amide bonds. The molecule has 0 saturated heterocycles. The minimum absolute atomic E-state index is 0.0566. The van der Waals surface area contributed by atoms with Gasteiger partial charge in [-0.1, -0.05) is 6.07 Å². The molecule has 5 nitrogen and oxygen atoms in total. The monoisotopic (exact) mass is 312 g/mol. The lowest BCUT2D eigenvalue weighted by Crippen LogP contribution is -2.33. The Balaban J connectivity index is 2.07. The highest BCUT2D eigenvalue weighted by Crippen LogP contribution is 2.19. The van der Waals surface area contributed by atoms with Crippen molar-refractivity contribution in [2.24, 2.45) is 0 Å². The molecule has 2 aromatic rings. The van der Waals surface area contributed by atoms with Crippen molar-refractivity contribution < 1.29 is 13.6 Å². The van der Waals surface area contributed by atoms with Crippen molar-refractivity contribution in [1.82, 2.24) is 9.36 Å². The SMILES string of the molecule is CCN(CC(=O)Nc1c(F)cccc1F)c1nc(C)ns1. The fraction of sp³-hybridized carbons (Fsp3) is 0.308. The largest absolute Gasteiger partial charge is 0.338 e. The van der Waals surface area contributed by atoms with Crippen molar-refractivity contribution >= 4 is 28.3 Å². The number of amides is 1. The number of carbonyl (C=O) groups is 1. The lowest BCUT2D eigenvalue weighted by atomic mass is 10.3. The van der Waals surface area contributed by atoms with Crippen LogP contribution in [-0.4, -0.2) is 28.4 Å². The maximum Gasteiger partial charge on any atom is 0.244 e. The predicted molar refractivity (Wildman–Crippen MR) is 77.5 cm³/mol. The van der Waals surface area contributed by atoms with Gasteiger partial charge in [0.25, 0.3) is 0 Å². The maximum absolute atomic E-state index is 13.5. The lowest BCUT2D eigenvalue weighted by molar-refractivity contribution is -0.115. The molecule has 0 aliphatic carbocycles. The fourth-order valence-electron chi connectivity index (χ4n) is 1.70. The molecule has 0 saturated carbocycles. The highest BCUT2D eigenvalue weighted by atomic mass is 32.1. The van der Waals surface area contributed by atoms with Crippen LogP contribution in [-0.2, 0) is 4.79 Å². The number of aromatic nitrogens is 2. The summed E-state index contributed by atoms with van der Waals surface area (Å²) in [5.41, 5.74) is -0.438. The highest BCUT2D eigenvalue weighted by Gasteiger charge is 2.16. The summed E-state index contributed by atoms with van der Waals surface area (Å²) in [4.78, 5) is 17.8. The van der Waals surface area contributed by atoms with E-state index in [4.69, 9.17) is 0 Å². The molecule has 2 rings (SSSR count). The summed E-state index contributed by atoms with van der Waals surface area (Å²) in [6.07, 6.45) is 0. The lowest BCUT2D eigenvalue weighted by Gasteiger charge is -2.18. The molecular formula is C13H14F2N4OS. The van der Waals surface area contributed by atoms with Gasteiger partial charge in [-0.05, 0) is 26.0 Å². The molecule has 0 atom stereocenters. The predicted octanol–water partition coefficient (Wildman–Crippen LogP) is 2.59. The average Bonchev–Trinajstić information content (AvgIpc) is 2.87. The Hall–Kier alpha value is -2.09. The average molecular weight is 312 g/mol. The molecule has 0 bridgehead atoms. The van der Waals surface area contributed by atoms with Crippen molar-refractivity contribution in [1.29, 1.82) is 0 Å². The first kappa shape index (κ1) is 15.3. The van der Waals surface area contributed by atoms with Gasteiger partial charge in [-0.25, -0.2) is 13.8 Å². The summed E-state index contributed by atoms with van der Waals surface area (Å²) < 4.78 is 31.0. The van der Waals surface area contributed by atoms with Gasteiger partial charge in [0.05, 0.1) is 6.54 Å². The van der Waals surface area contributed by atoms with Crippen LogP contribution in [0, 0.1) is 18.6 Å². The molecule has 0 fully saturated rings. The van der Waals surface area contributed by atoms with Crippen LogP contribution in [0.4, 0.5) is 19.6 Å². The third-order valence-corrected chi connectivity index (χ3v) is 3.60. The molecule has 1 N–H and O–H groups in total. The van der Waals surface area contributed by atoms with E-state index in [0.29, 0.717) is 17.5 Å². The van der Waals surface area contributed by atoms with Gasteiger partial charge >= 0.3 is 0 Å². The van der Waals surface area contributed by atoms with Crippen LogP contribution >= 0.6 is 11.5 Å². The number of hydrogen-bond acceptors (Lipinski definition) is 5. The fourth-order valence-corrected chi connectivity index (χ4v) is 2.44. The third kappa shape index (κ3) is 3.72. The molecular weight excluding hydrogens is 298 g/mol. The first-order valence-electron chi connectivity index (χ1n) is 6.30. The molecule has 1 aromatic heterocycles. The molecule has 8 heteroatoms. The van der Waals surface area contributed by atoms with E-state index >= 15 is 0 Å². The molecule has 112 valence electrons. The number of likely N-dealkylation sites (N-methyl/N-ethyl adjacent to an activating group) is 1. The van der Waals surface area contributed by atoms with Crippen LogP contribution in [0.1, 0.15) is 12.7 Å². The highest BCUT2D eigenvalue weighted by molar-refractivity contribution is 7.09. The van der Waals surface area contributed by atoms with E-state index in [1.54, 1.807) is 11.8 Å². The zero-order valence-corrected chi connectivity index (χ0v) is 12.4. The molecule has 0 unspecified atom stereocenters. The third-order valence-electron chi connectivity index (χ3n) is 2.73. The number of rotatable bonds is 5. The van der Waals surface area contributed by atoms with Crippen LogP contribution in [0.3, 0.4) is 0 Å². The van der Waals surface area contributed by atoms with Gasteiger partial charge in [-0.2, -0.15) is 4.37 Å². The minimum Gasteiger partial charge on any atom is -0.338 e. The van der Waals surface area contributed by atoms with Crippen LogP contribution in [0.2, 0.25) is 0 Å². The van der Waals surface area contributed by atoms with Gasteiger partial charge in [-0.3, -0.25) is 4.79 Å². The van der Waals surface area contributed by atoms with E-state index in [1.807, 2.05) is 6.92 Å². The van der Waals surface area contributed by atoms with E-state index in [-0.39, 0.29) is 6.54 Å². The van der Waals surface area contributed by atoms with E-state index in [2.05, 4.69) is 14.7 Å². The van der Waals surface area contributed by atoms with Crippen molar-refractivity contribution in [3.05, 3.63) is 35.7 Å². The standard InChI is InChI=1S/C13H14F2N4OS/c1-3-19(13-16-8(2)18-21-13)7-11(20)17-12-9(14)5-4-6-10(12)15/h4-6H,3,7H2,1-2H3,(H,17,20). The number of para-hydroxylation sites is 1. The minimum atomic E-state index is -0.807. The van der Waals surface area contributed by atoms with Crippen molar-refractivity contribution in [3.63, 3.8) is 0 Å². The van der Waals surface area contributed by atoms with Gasteiger partial charge in [-0.15, -0.1) is 0 Å². The molecule has 0 aliphatic rings. The van der Waals surface area contributed by atoms with Gasteiger partial charge in [0.1, 0.15) is 23.1 Å². The molecule has 0 radical (unpaired) electrons. The van der Waals surface area contributed by atoms with Crippen LogP contribution in [0.15, 0.2) is 18.2 Å². The Morgan fingerprint density at radius 3 is 2.57 bits per heavy atom.